The molecule has 0 aliphatic heterocycles. The third-order valence-electron chi connectivity index (χ3n) is 3.75. The van der Waals surface area contributed by atoms with Crippen LogP contribution in [0.15, 0.2) is 59.9 Å². The Hall–Kier alpha value is -2.49. The number of benzene rings is 2. The van der Waals surface area contributed by atoms with Crippen LogP contribution >= 0.6 is 24.0 Å². The van der Waals surface area contributed by atoms with Gasteiger partial charge in [0.2, 0.25) is 0 Å². The summed E-state index contributed by atoms with van der Waals surface area (Å²) in [7, 11) is 0. The van der Waals surface area contributed by atoms with E-state index in [1.54, 1.807) is 12.1 Å². The van der Waals surface area contributed by atoms with Crippen LogP contribution in [0, 0.1) is 5.82 Å². The predicted molar refractivity (Wildman–Crippen MR) is 115 cm³/mol. The Kier molecular flexibility index (Phi) is 8.18. The van der Waals surface area contributed by atoms with Crippen molar-refractivity contribution in [3.05, 3.63) is 71.8 Å². The van der Waals surface area contributed by atoms with Crippen LogP contribution in [0.25, 0.3) is 11.4 Å². The largest absolute Gasteiger partial charge is 0.357 e. The van der Waals surface area contributed by atoms with E-state index in [9.17, 15) is 4.39 Å². The fourth-order valence-corrected chi connectivity index (χ4v) is 2.46. The molecule has 3 aromatic rings. The van der Waals surface area contributed by atoms with E-state index in [-0.39, 0.29) is 29.8 Å². The van der Waals surface area contributed by atoms with E-state index in [4.69, 9.17) is 0 Å². The molecule has 0 aliphatic carbocycles. The third-order valence-corrected chi connectivity index (χ3v) is 3.75. The molecule has 8 heteroatoms. The third kappa shape index (κ3) is 6.31. The van der Waals surface area contributed by atoms with Gasteiger partial charge in [-0.25, -0.2) is 14.4 Å². The minimum Gasteiger partial charge on any atom is -0.357 e. The highest BCUT2D eigenvalue weighted by Crippen LogP contribution is 2.15. The van der Waals surface area contributed by atoms with Gasteiger partial charge in [0.1, 0.15) is 12.1 Å². The summed E-state index contributed by atoms with van der Waals surface area (Å²) < 4.78 is 13.0. The molecule has 27 heavy (non-hydrogen) atoms. The van der Waals surface area contributed by atoms with Crippen LogP contribution < -0.4 is 10.6 Å². The summed E-state index contributed by atoms with van der Waals surface area (Å²) in [5, 5.41) is 13.2. The van der Waals surface area contributed by atoms with Crippen LogP contribution in [0.1, 0.15) is 18.1 Å². The van der Waals surface area contributed by atoms with Crippen molar-refractivity contribution in [2.45, 2.75) is 20.0 Å². The maximum absolute atomic E-state index is 13.0. The molecule has 0 saturated heterocycles. The minimum atomic E-state index is -0.235. The van der Waals surface area contributed by atoms with Crippen molar-refractivity contribution in [3.63, 3.8) is 0 Å². The Morgan fingerprint density at radius 2 is 1.93 bits per heavy atom. The van der Waals surface area contributed by atoms with E-state index in [0.29, 0.717) is 19.0 Å². The SMILES string of the molecule is CCNC(=NCc1cccc(-c2ncn[nH]2)c1)NCc1ccc(F)cc1.I. The molecule has 0 atom stereocenters. The van der Waals surface area contributed by atoms with Crippen molar-refractivity contribution in [2.24, 2.45) is 4.99 Å². The highest BCUT2D eigenvalue weighted by atomic mass is 127. The van der Waals surface area contributed by atoms with Crippen molar-refractivity contribution in [1.82, 2.24) is 25.8 Å². The van der Waals surface area contributed by atoms with Gasteiger partial charge < -0.3 is 10.6 Å². The average Bonchev–Trinajstić information content (AvgIpc) is 3.20. The number of aliphatic imine (C=N–C) groups is 1. The summed E-state index contributed by atoms with van der Waals surface area (Å²) in [6.45, 7) is 3.87. The maximum Gasteiger partial charge on any atom is 0.191 e. The van der Waals surface area contributed by atoms with Gasteiger partial charge in [-0.15, -0.1) is 24.0 Å². The van der Waals surface area contributed by atoms with Crippen LogP contribution in [0.3, 0.4) is 0 Å². The van der Waals surface area contributed by atoms with Crippen LogP contribution in [0.2, 0.25) is 0 Å². The molecule has 0 unspecified atom stereocenters. The number of aromatic nitrogens is 3. The average molecular weight is 480 g/mol. The van der Waals surface area contributed by atoms with E-state index in [0.717, 1.165) is 29.1 Å². The first-order chi connectivity index (χ1) is 12.7. The number of nitrogens with one attached hydrogen (secondary N) is 3. The van der Waals surface area contributed by atoms with Gasteiger partial charge in [-0.2, -0.15) is 5.10 Å². The second-order valence-corrected chi connectivity index (χ2v) is 5.71. The van der Waals surface area contributed by atoms with E-state index < -0.39 is 0 Å². The Bertz CT molecular complexity index is 849. The topological polar surface area (TPSA) is 78.0 Å². The number of rotatable bonds is 6. The van der Waals surface area contributed by atoms with Crippen molar-refractivity contribution in [1.29, 1.82) is 0 Å². The van der Waals surface area contributed by atoms with Crippen LogP contribution in [-0.2, 0) is 13.1 Å². The number of hydrogen-bond donors (Lipinski definition) is 3. The molecule has 0 spiro atoms. The fourth-order valence-electron chi connectivity index (χ4n) is 2.46. The molecular weight excluding hydrogens is 458 g/mol. The second-order valence-electron chi connectivity index (χ2n) is 5.71. The Morgan fingerprint density at radius 1 is 1.11 bits per heavy atom. The number of nitrogens with zero attached hydrogens (tertiary/aromatic N) is 3. The predicted octanol–water partition coefficient (Wildman–Crippen LogP) is 3.48. The van der Waals surface area contributed by atoms with Gasteiger partial charge in [0.15, 0.2) is 11.8 Å². The van der Waals surface area contributed by atoms with Gasteiger partial charge in [-0.3, -0.25) is 5.10 Å². The Balaban J connectivity index is 0.00000261. The molecular formula is C19H22FIN6. The number of halogens is 2. The molecule has 1 heterocycles. The zero-order valence-corrected chi connectivity index (χ0v) is 17.3. The highest BCUT2D eigenvalue weighted by molar-refractivity contribution is 14.0. The van der Waals surface area contributed by atoms with Crippen molar-refractivity contribution in [2.75, 3.05) is 6.54 Å². The number of guanidine groups is 1. The Labute approximate surface area is 174 Å². The lowest BCUT2D eigenvalue weighted by molar-refractivity contribution is 0.626. The van der Waals surface area contributed by atoms with E-state index in [1.165, 1.54) is 18.5 Å². The molecule has 0 saturated carbocycles. The molecule has 3 N–H and O–H groups in total. The minimum absolute atomic E-state index is 0. The summed E-state index contributed by atoms with van der Waals surface area (Å²) in [6.07, 6.45) is 1.49. The number of H-pyrrole nitrogens is 1. The molecule has 0 amide bonds. The van der Waals surface area contributed by atoms with Crippen molar-refractivity contribution >= 4 is 29.9 Å². The quantitative estimate of drug-likeness (QED) is 0.287. The summed E-state index contributed by atoms with van der Waals surface area (Å²) in [4.78, 5) is 8.78. The van der Waals surface area contributed by atoms with Crippen LogP contribution in [-0.4, -0.2) is 27.7 Å². The first-order valence-electron chi connectivity index (χ1n) is 8.46. The lowest BCUT2D eigenvalue weighted by Crippen LogP contribution is -2.36. The molecule has 3 rings (SSSR count). The normalized spacial score (nSPS) is 11.0. The molecule has 6 nitrogen and oxygen atoms in total. The van der Waals surface area contributed by atoms with E-state index in [1.807, 2.05) is 31.2 Å². The summed E-state index contributed by atoms with van der Waals surface area (Å²) >= 11 is 0. The van der Waals surface area contributed by atoms with E-state index in [2.05, 4.69) is 30.8 Å². The van der Waals surface area contributed by atoms with Crippen molar-refractivity contribution < 1.29 is 4.39 Å². The summed E-state index contributed by atoms with van der Waals surface area (Å²) in [5.41, 5.74) is 3.03. The van der Waals surface area contributed by atoms with Gasteiger partial charge in [-0.05, 0) is 36.2 Å². The lowest BCUT2D eigenvalue weighted by atomic mass is 10.1. The smallest absolute Gasteiger partial charge is 0.191 e. The summed E-state index contributed by atoms with van der Waals surface area (Å²) in [6, 6.07) is 14.4. The molecule has 0 bridgehead atoms. The second kappa shape index (κ2) is 10.6. The Morgan fingerprint density at radius 3 is 2.63 bits per heavy atom. The number of aromatic amines is 1. The molecule has 142 valence electrons. The lowest BCUT2D eigenvalue weighted by Gasteiger charge is -2.11. The maximum atomic E-state index is 13.0. The highest BCUT2D eigenvalue weighted by Gasteiger charge is 2.03. The van der Waals surface area contributed by atoms with Gasteiger partial charge >= 0.3 is 0 Å². The molecule has 0 radical (unpaired) electrons. The standard InChI is InChI=1S/C19H21FN6.HI/c1-2-21-19(22-11-14-6-8-17(20)9-7-14)23-12-15-4-3-5-16(10-15)18-24-13-25-26-18;/h3-10,13H,2,11-12H2,1H3,(H2,21,22,23)(H,24,25,26);1H. The molecule has 0 fully saturated rings. The monoisotopic (exact) mass is 480 g/mol. The molecule has 2 aromatic carbocycles. The molecule has 0 aliphatic rings. The zero-order chi connectivity index (χ0) is 18.2. The zero-order valence-electron chi connectivity index (χ0n) is 14.9. The summed E-state index contributed by atoms with van der Waals surface area (Å²) in [5.74, 6) is 1.21. The van der Waals surface area contributed by atoms with Gasteiger partial charge in [0.05, 0.1) is 6.54 Å². The first-order valence-corrected chi connectivity index (χ1v) is 8.46. The van der Waals surface area contributed by atoms with Crippen LogP contribution in [0.4, 0.5) is 4.39 Å². The van der Waals surface area contributed by atoms with E-state index >= 15 is 0 Å². The molecule has 1 aromatic heterocycles. The van der Waals surface area contributed by atoms with Gasteiger partial charge in [-0.1, -0.05) is 30.3 Å². The first kappa shape index (κ1) is 20.8. The number of hydrogen-bond acceptors (Lipinski definition) is 3. The van der Waals surface area contributed by atoms with Gasteiger partial charge in [0, 0.05) is 18.7 Å². The van der Waals surface area contributed by atoms with Crippen LogP contribution in [0.5, 0.6) is 0 Å². The van der Waals surface area contributed by atoms with Crippen molar-refractivity contribution in [3.8, 4) is 11.4 Å². The fraction of sp³-hybridized carbons (Fsp3) is 0.211. The van der Waals surface area contributed by atoms with Gasteiger partial charge in [0.25, 0.3) is 0 Å².